The maximum absolute atomic E-state index is 9.76. The van der Waals surface area contributed by atoms with E-state index in [1.165, 1.54) is 6.33 Å². The highest BCUT2D eigenvalue weighted by Gasteiger charge is 2.33. The van der Waals surface area contributed by atoms with Gasteiger partial charge in [-0.2, -0.15) is 0 Å². The van der Waals surface area contributed by atoms with Crippen LogP contribution in [0.5, 0.6) is 5.75 Å². The van der Waals surface area contributed by atoms with Crippen molar-refractivity contribution in [3.05, 3.63) is 6.33 Å². The maximum atomic E-state index is 9.76. The van der Waals surface area contributed by atoms with E-state index in [1.54, 1.807) is 7.11 Å². The molecule has 0 aliphatic carbocycles. The van der Waals surface area contributed by atoms with E-state index in [1.807, 2.05) is 0 Å². The molecule has 1 fully saturated rings. The van der Waals surface area contributed by atoms with Crippen molar-refractivity contribution in [1.82, 2.24) is 9.97 Å². The number of nitrogens with zero attached hydrogens (tertiary/aromatic N) is 2. The Morgan fingerprint density at radius 3 is 2.67 bits per heavy atom. The lowest BCUT2D eigenvalue weighted by molar-refractivity contribution is 0.0377. The minimum atomic E-state index is -0.415. The second kappa shape index (κ2) is 7.42. The fourth-order valence-corrected chi connectivity index (χ4v) is 2.36. The van der Waals surface area contributed by atoms with Crippen LogP contribution >= 0.6 is 0 Å². The number of aromatic nitrogens is 2. The van der Waals surface area contributed by atoms with Crippen molar-refractivity contribution in [2.75, 3.05) is 44.1 Å². The summed E-state index contributed by atoms with van der Waals surface area (Å²) in [6, 6.07) is 0. The molecule has 0 saturated carbocycles. The highest BCUT2D eigenvalue weighted by Crippen LogP contribution is 2.33. The Bertz CT molecular complexity index is 450. The van der Waals surface area contributed by atoms with Crippen LogP contribution in [-0.2, 0) is 4.74 Å². The molecular weight excluding hydrogens is 272 g/mol. The van der Waals surface area contributed by atoms with Crippen LogP contribution in [0.3, 0.4) is 0 Å². The zero-order valence-electron chi connectivity index (χ0n) is 12.7. The molecule has 0 atom stereocenters. The molecule has 21 heavy (non-hydrogen) atoms. The van der Waals surface area contributed by atoms with Gasteiger partial charge in [0, 0.05) is 19.8 Å². The molecule has 2 rings (SSSR count). The van der Waals surface area contributed by atoms with Gasteiger partial charge in [0.2, 0.25) is 5.75 Å². The van der Waals surface area contributed by atoms with Gasteiger partial charge < -0.3 is 25.2 Å². The predicted molar refractivity (Wildman–Crippen MR) is 80.9 cm³/mol. The van der Waals surface area contributed by atoms with E-state index < -0.39 is 5.54 Å². The van der Waals surface area contributed by atoms with Crippen molar-refractivity contribution in [1.29, 1.82) is 0 Å². The summed E-state index contributed by atoms with van der Waals surface area (Å²) in [6.07, 6.45) is 3.95. The minimum absolute atomic E-state index is 0.0290. The molecule has 7 nitrogen and oxygen atoms in total. The largest absolute Gasteiger partial charge is 0.490 e. The van der Waals surface area contributed by atoms with Crippen LogP contribution in [0, 0.1) is 0 Å². The number of ether oxygens (including phenoxy) is 2. The molecule has 7 heteroatoms. The zero-order valence-corrected chi connectivity index (χ0v) is 12.7. The lowest BCUT2D eigenvalue weighted by Gasteiger charge is -2.37. The number of anilines is 2. The van der Waals surface area contributed by atoms with Gasteiger partial charge in [-0.25, -0.2) is 9.97 Å². The second-order valence-corrected chi connectivity index (χ2v) is 5.21. The van der Waals surface area contributed by atoms with Crippen LogP contribution in [0.25, 0.3) is 0 Å². The van der Waals surface area contributed by atoms with Crippen LogP contribution in [0.4, 0.5) is 11.6 Å². The molecule has 2 heterocycles. The van der Waals surface area contributed by atoms with E-state index >= 15 is 0 Å². The van der Waals surface area contributed by atoms with Gasteiger partial charge in [0.15, 0.2) is 11.6 Å². The first-order valence-electron chi connectivity index (χ1n) is 7.34. The smallest absolute Gasteiger partial charge is 0.204 e. The molecule has 1 aliphatic rings. The third-order valence-electron chi connectivity index (χ3n) is 3.69. The van der Waals surface area contributed by atoms with Crippen LogP contribution < -0.4 is 15.4 Å². The number of aliphatic hydroxyl groups excluding tert-OH is 1. The fourth-order valence-electron chi connectivity index (χ4n) is 2.36. The fraction of sp³-hybridized carbons (Fsp3) is 0.714. The summed E-state index contributed by atoms with van der Waals surface area (Å²) in [5.41, 5.74) is -0.415. The monoisotopic (exact) mass is 296 g/mol. The zero-order chi connectivity index (χ0) is 15.1. The molecule has 1 aromatic rings. The molecule has 0 unspecified atom stereocenters. The van der Waals surface area contributed by atoms with Crippen molar-refractivity contribution in [3.63, 3.8) is 0 Å². The maximum Gasteiger partial charge on any atom is 0.204 e. The Morgan fingerprint density at radius 2 is 2.05 bits per heavy atom. The summed E-state index contributed by atoms with van der Waals surface area (Å²) in [4.78, 5) is 8.48. The summed E-state index contributed by atoms with van der Waals surface area (Å²) in [5, 5.41) is 16.3. The Balaban J connectivity index is 2.21. The summed E-state index contributed by atoms with van der Waals surface area (Å²) in [6.45, 7) is 4.18. The van der Waals surface area contributed by atoms with Gasteiger partial charge in [0.05, 0.1) is 19.3 Å². The van der Waals surface area contributed by atoms with Gasteiger partial charge in [-0.05, 0) is 19.3 Å². The first-order chi connectivity index (χ1) is 10.2. The van der Waals surface area contributed by atoms with Gasteiger partial charge in [-0.15, -0.1) is 0 Å². The van der Waals surface area contributed by atoms with Crippen molar-refractivity contribution in [3.8, 4) is 5.75 Å². The van der Waals surface area contributed by atoms with Crippen molar-refractivity contribution in [2.45, 2.75) is 31.7 Å². The Kier molecular flexibility index (Phi) is 5.58. The van der Waals surface area contributed by atoms with Crippen molar-refractivity contribution >= 4 is 11.6 Å². The average molecular weight is 296 g/mol. The molecule has 1 saturated heterocycles. The molecule has 0 bridgehead atoms. The predicted octanol–water partition coefficient (Wildman–Crippen LogP) is 1.26. The molecule has 0 aromatic carbocycles. The first-order valence-corrected chi connectivity index (χ1v) is 7.34. The number of hydrogen-bond donors (Lipinski definition) is 3. The van der Waals surface area contributed by atoms with Gasteiger partial charge in [0.25, 0.3) is 0 Å². The Morgan fingerprint density at radius 1 is 1.33 bits per heavy atom. The molecular formula is C14H24N4O3. The van der Waals surface area contributed by atoms with Crippen LogP contribution in [0.2, 0.25) is 0 Å². The van der Waals surface area contributed by atoms with Gasteiger partial charge in [-0.3, -0.25) is 0 Å². The van der Waals surface area contributed by atoms with Gasteiger partial charge in [0.1, 0.15) is 6.33 Å². The quantitative estimate of drug-likeness (QED) is 0.698. The van der Waals surface area contributed by atoms with E-state index in [9.17, 15) is 5.11 Å². The molecule has 0 radical (unpaired) electrons. The Hall–Kier alpha value is -1.60. The van der Waals surface area contributed by atoms with E-state index in [4.69, 9.17) is 9.47 Å². The summed E-state index contributed by atoms with van der Waals surface area (Å²) in [5.74, 6) is 1.84. The second-order valence-electron chi connectivity index (χ2n) is 5.21. The van der Waals surface area contributed by atoms with E-state index in [2.05, 4.69) is 27.5 Å². The highest BCUT2D eigenvalue weighted by atomic mass is 16.5. The van der Waals surface area contributed by atoms with Crippen molar-refractivity contribution < 1.29 is 14.6 Å². The van der Waals surface area contributed by atoms with Crippen molar-refractivity contribution in [2.24, 2.45) is 0 Å². The van der Waals surface area contributed by atoms with Crippen LogP contribution in [0.1, 0.15) is 26.2 Å². The first kappa shape index (κ1) is 15.8. The van der Waals surface area contributed by atoms with Gasteiger partial charge >= 0.3 is 0 Å². The normalized spacial score (nSPS) is 17.3. The lowest BCUT2D eigenvalue weighted by atomic mass is 9.91. The van der Waals surface area contributed by atoms with E-state index in [0.29, 0.717) is 30.6 Å². The topological polar surface area (TPSA) is 88.5 Å². The minimum Gasteiger partial charge on any atom is -0.490 e. The highest BCUT2D eigenvalue weighted by molar-refractivity contribution is 5.64. The number of hydrogen-bond acceptors (Lipinski definition) is 7. The lowest BCUT2D eigenvalue weighted by Crippen LogP contribution is -2.47. The third-order valence-corrected chi connectivity index (χ3v) is 3.69. The SMILES string of the molecule is CCCNc1ncnc(NC2(CO)CCOCC2)c1OC. The average Bonchev–Trinajstić information content (AvgIpc) is 2.54. The molecule has 0 spiro atoms. The summed E-state index contributed by atoms with van der Waals surface area (Å²) in [7, 11) is 1.59. The number of nitrogens with one attached hydrogen (secondary N) is 2. The molecule has 1 aromatic heterocycles. The standard InChI is InChI=1S/C14H24N4O3/c1-3-6-15-12-11(20-2)13(17-10-16-12)18-14(9-19)4-7-21-8-5-14/h10,19H,3-9H2,1-2H3,(H2,15,16,17,18). The van der Waals surface area contributed by atoms with E-state index in [0.717, 1.165) is 25.8 Å². The number of aliphatic hydroxyl groups is 1. The number of methoxy groups -OCH3 is 1. The number of rotatable bonds is 7. The Labute approximate surface area is 125 Å². The summed E-state index contributed by atoms with van der Waals surface area (Å²) < 4.78 is 10.8. The van der Waals surface area contributed by atoms with Crippen LogP contribution in [-0.4, -0.2) is 54.1 Å². The summed E-state index contributed by atoms with van der Waals surface area (Å²) >= 11 is 0. The van der Waals surface area contributed by atoms with Gasteiger partial charge in [-0.1, -0.05) is 6.92 Å². The molecule has 1 aliphatic heterocycles. The van der Waals surface area contributed by atoms with Crippen LogP contribution in [0.15, 0.2) is 6.33 Å². The van der Waals surface area contributed by atoms with E-state index in [-0.39, 0.29) is 6.61 Å². The molecule has 3 N–H and O–H groups in total. The molecule has 118 valence electrons. The molecule has 0 amide bonds. The third kappa shape index (κ3) is 3.74.